The number of β-amino-alcohol motifs (C(OH)–C–C–N with tert-alkyl or cyclic N) is 1. The highest BCUT2D eigenvalue weighted by Gasteiger charge is 2.36. The normalized spacial score (nSPS) is 19.6. The number of hydrogen-bond donors (Lipinski definition) is 2. The molecule has 1 saturated heterocycles. The molecule has 2 aromatic carbocycles. The number of aliphatic hydroxyl groups is 1. The van der Waals surface area contributed by atoms with Crippen molar-refractivity contribution in [3.8, 4) is 11.4 Å². The summed E-state index contributed by atoms with van der Waals surface area (Å²) in [5, 5.41) is 23.0. The fraction of sp³-hybridized carbons (Fsp3) is 0.286. The first-order chi connectivity index (χ1) is 14.7. The van der Waals surface area contributed by atoms with E-state index < -0.39 is 23.8 Å². The number of hydrogen-bond acceptors (Lipinski definition) is 6. The Kier molecular flexibility index (Phi) is 5.50. The minimum Gasteiger partial charge on any atom is -0.478 e. The SMILES string of the molecule is O=C(O)c1ccc(CN2CC(O)CC2c2nc(-c3ccc(C(F)(F)F)cc3)no2)cc1. The quantitative estimate of drug-likeness (QED) is 0.632. The maximum atomic E-state index is 12.7. The Morgan fingerprint density at radius 2 is 1.81 bits per heavy atom. The van der Waals surface area contributed by atoms with Crippen molar-refractivity contribution in [2.75, 3.05) is 6.54 Å². The molecular weight excluding hydrogens is 415 g/mol. The van der Waals surface area contributed by atoms with Crippen LogP contribution in [0.5, 0.6) is 0 Å². The molecule has 0 saturated carbocycles. The van der Waals surface area contributed by atoms with Crippen molar-refractivity contribution in [3.63, 3.8) is 0 Å². The lowest BCUT2D eigenvalue weighted by Gasteiger charge is -2.21. The second-order valence-corrected chi connectivity index (χ2v) is 7.37. The number of halogens is 3. The molecule has 10 heteroatoms. The predicted molar refractivity (Wildman–Crippen MR) is 102 cm³/mol. The average molecular weight is 433 g/mol. The van der Waals surface area contributed by atoms with Gasteiger partial charge in [-0.2, -0.15) is 18.2 Å². The summed E-state index contributed by atoms with van der Waals surface area (Å²) in [6.07, 6.45) is -4.67. The Labute approximate surface area is 174 Å². The number of carboxylic acid groups (broad SMARTS) is 1. The summed E-state index contributed by atoms with van der Waals surface area (Å²) in [4.78, 5) is 17.3. The highest BCUT2D eigenvalue weighted by molar-refractivity contribution is 5.87. The van der Waals surface area contributed by atoms with Crippen LogP contribution in [0.25, 0.3) is 11.4 Å². The largest absolute Gasteiger partial charge is 0.478 e. The molecule has 2 atom stereocenters. The molecule has 0 amide bonds. The van der Waals surface area contributed by atoms with Gasteiger partial charge in [-0.1, -0.05) is 29.4 Å². The molecule has 7 nitrogen and oxygen atoms in total. The van der Waals surface area contributed by atoms with Gasteiger partial charge < -0.3 is 14.7 Å². The number of nitrogens with zero attached hydrogens (tertiary/aromatic N) is 3. The van der Waals surface area contributed by atoms with Crippen LogP contribution < -0.4 is 0 Å². The molecule has 0 spiro atoms. The van der Waals surface area contributed by atoms with Gasteiger partial charge in [-0.05, 0) is 36.2 Å². The molecule has 2 unspecified atom stereocenters. The zero-order chi connectivity index (χ0) is 22.2. The molecule has 4 rings (SSSR count). The number of alkyl halides is 3. The summed E-state index contributed by atoms with van der Waals surface area (Å²) in [6.45, 7) is 0.795. The zero-order valence-electron chi connectivity index (χ0n) is 16.1. The summed E-state index contributed by atoms with van der Waals surface area (Å²) in [6, 6.07) is 10.5. The Bertz CT molecular complexity index is 1060. The standard InChI is InChI=1S/C21H18F3N3O4/c22-21(23,24)15-7-5-13(6-8-15)18-25-19(31-26-18)17-9-16(28)11-27(17)10-12-1-3-14(4-2-12)20(29)30/h1-8,16-17,28H,9-11H2,(H,29,30). The van der Waals surface area contributed by atoms with Gasteiger partial charge in [-0.3, -0.25) is 4.90 Å². The number of benzene rings is 2. The van der Waals surface area contributed by atoms with E-state index in [0.29, 0.717) is 25.1 Å². The van der Waals surface area contributed by atoms with Crippen LogP contribution in [0.15, 0.2) is 53.1 Å². The first-order valence-corrected chi connectivity index (χ1v) is 9.46. The topological polar surface area (TPSA) is 99.7 Å². The van der Waals surface area contributed by atoms with Gasteiger partial charge in [-0.15, -0.1) is 0 Å². The second-order valence-electron chi connectivity index (χ2n) is 7.37. The predicted octanol–water partition coefficient (Wildman–Crippen LogP) is 3.76. The van der Waals surface area contributed by atoms with Crippen LogP contribution in [0, 0.1) is 0 Å². The van der Waals surface area contributed by atoms with Crippen molar-refractivity contribution in [2.24, 2.45) is 0 Å². The third-order valence-corrected chi connectivity index (χ3v) is 5.17. The maximum absolute atomic E-state index is 12.7. The van der Waals surface area contributed by atoms with E-state index in [0.717, 1.165) is 17.7 Å². The summed E-state index contributed by atoms with van der Waals surface area (Å²) in [5.41, 5.74) is 0.655. The Hall–Kier alpha value is -3.24. The van der Waals surface area contributed by atoms with Crippen molar-refractivity contribution >= 4 is 5.97 Å². The molecule has 31 heavy (non-hydrogen) atoms. The monoisotopic (exact) mass is 433 g/mol. The molecule has 2 N–H and O–H groups in total. The Morgan fingerprint density at radius 3 is 2.42 bits per heavy atom. The highest BCUT2D eigenvalue weighted by atomic mass is 19.4. The third kappa shape index (κ3) is 4.59. The lowest BCUT2D eigenvalue weighted by molar-refractivity contribution is -0.137. The minimum absolute atomic E-state index is 0.163. The molecule has 0 bridgehead atoms. The first-order valence-electron chi connectivity index (χ1n) is 9.46. The smallest absolute Gasteiger partial charge is 0.416 e. The molecule has 1 fully saturated rings. The van der Waals surface area contributed by atoms with Crippen LogP contribution in [0.1, 0.15) is 39.8 Å². The van der Waals surface area contributed by atoms with Gasteiger partial charge in [0.05, 0.1) is 23.3 Å². The van der Waals surface area contributed by atoms with Crippen LogP contribution in [0.2, 0.25) is 0 Å². The van der Waals surface area contributed by atoms with E-state index in [2.05, 4.69) is 10.1 Å². The van der Waals surface area contributed by atoms with E-state index in [1.165, 1.54) is 24.3 Å². The van der Waals surface area contributed by atoms with Crippen molar-refractivity contribution in [3.05, 3.63) is 71.1 Å². The van der Waals surface area contributed by atoms with E-state index in [4.69, 9.17) is 9.63 Å². The lowest BCUT2D eigenvalue weighted by atomic mass is 10.1. The molecule has 3 aromatic rings. The molecule has 1 aromatic heterocycles. The van der Waals surface area contributed by atoms with E-state index >= 15 is 0 Å². The second kappa shape index (κ2) is 8.12. The minimum atomic E-state index is -4.43. The summed E-state index contributed by atoms with van der Waals surface area (Å²) in [5.74, 6) is -0.591. The van der Waals surface area contributed by atoms with Crippen LogP contribution >= 0.6 is 0 Å². The van der Waals surface area contributed by atoms with E-state index in [-0.39, 0.29) is 23.3 Å². The molecular formula is C21H18F3N3O4. The molecule has 0 aliphatic carbocycles. The van der Waals surface area contributed by atoms with E-state index in [1.807, 2.05) is 4.90 Å². The van der Waals surface area contributed by atoms with Crippen molar-refractivity contribution in [2.45, 2.75) is 31.3 Å². The fourth-order valence-electron chi connectivity index (χ4n) is 3.59. The highest BCUT2D eigenvalue weighted by Crippen LogP contribution is 2.34. The number of aromatic nitrogens is 2. The maximum Gasteiger partial charge on any atom is 0.416 e. The van der Waals surface area contributed by atoms with Crippen LogP contribution in [-0.2, 0) is 12.7 Å². The van der Waals surface area contributed by atoms with Crippen LogP contribution in [0.4, 0.5) is 13.2 Å². The van der Waals surface area contributed by atoms with Gasteiger partial charge in [0.25, 0.3) is 0 Å². The Morgan fingerprint density at radius 1 is 1.13 bits per heavy atom. The third-order valence-electron chi connectivity index (χ3n) is 5.17. The summed E-state index contributed by atoms with van der Waals surface area (Å²) >= 11 is 0. The number of likely N-dealkylation sites (tertiary alicyclic amines) is 1. The van der Waals surface area contributed by atoms with Crippen molar-refractivity contribution < 1.29 is 32.7 Å². The molecule has 1 aliphatic heterocycles. The van der Waals surface area contributed by atoms with Crippen LogP contribution in [0.3, 0.4) is 0 Å². The van der Waals surface area contributed by atoms with Crippen molar-refractivity contribution in [1.29, 1.82) is 0 Å². The van der Waals surface area contributed by atoms with Gasteiger partial charge in [0, 0.05) is 18.7 Å². The fourth-order valence-corrected chi connectivity index (χ4v) is 3.59. The van der Waals surface area contributed by atoms with Gasteiger partial charge in [0.1, 0.15) is 0 Å². The van der Waals surface area contributed by atoms with E-state index in [1.54, 1.807) is 12.1 Å². The number of aliphatic hydroxyl groups excluding tert-OH is 1. The van der Waals surface area contributed by atoms with Gasteiger partial charge in [-0.25, -0.2) is 4.79 Å². The number of aromatic carboxylic acids is 1. The number of carbonyl (C=O) groups is 1. The molecule has 1 aliphatic rings. The van der Waals surface area contributed by atoms with Gasteiger partial charge in [0.15, 0.2) is 0 Å². The molecule has 2 heterocycles. The van der Waals surface area contributed by atoms with Crippen molar-refractivity contribution in [1.82, 2.24) is 15.0 Å². The first kappa shape index (κ1) is 21.0. The number of rotatable bonds is 5. The molecule has 162 valence electrons. The molecule has 0 radical (unpaired) electrons. The summed E-state index contributed by atoms with van der Waals surface area (Å²) in [7, 11) is 0. The Balaban J connectivity index is 1.51. The van der Waals surface area contributed by atoms with Crippen LogP contribution in [-0.4, -0.2) is 43.9 Å². The average Bonchev–Trinajstić information content (AvgIpc) is 3.34. The lowest BCUT2D eigenvalue weighted by Crippen LogP contribution is -2.24. The number of carboxylic acids is 1. The van der Waals surface area contributed by atoms with Gasteiger partial charge in [0.2, 0.25) is 11.7 Å². The van der Waals surface area contributed by atoms with E-state index in [9.17, 15) is 23.1 Å². The zero-order valence-corrected chi connectivity index (χ0v) is 16.1. The van der Waals surface area contributed by atoms with Gasteiger partial charge >= 0.3 is 12.1 Å². The summed E-state index contributed by atoms with van der Waals surface area (Å²) < 4.78 is 43.6.